The minimum atomic E-state index is -1.24. The standard InChI is InChI=1S/C23H46O5/c1-2-3-4-5-6-7-8-9-10-11-12-13-14-15-16-17-19-21(25)23(27)22(26)20(18-24)28-19/h19-27H,2-18H2,1H3/t19-,20+,21-,22+,23+/m0/s1. The largest absolute Gasteiger partial charge is 0.394 e. The van der Waals surface area contributed by atoms with Crippen LogP contribution >= 0.6 is 0 Å². The molecule has 0 unspecified atom stereocenters. The molecule has 0 amide bonds. The van der Waals surface area contributed by atoms with E-state index in [0.29, 0.717) is 6.42 Å². The Morgan fingerprint density at radius 1 is 0.536 bits per heavy atom. The van der Waals surface area contributed by atoms with E-state index in [2.05, 4.69) is 6.92 Å². The number of unbranched alkanes of at least 4 members (excludes halogenated alkanes) is 14. The van der Waals surface area contributed by atoms with Gasteiger partial charge in [-0.1, -0.05) is 103 Å². The molecule has 0 radical (unpaired) electrons. The SMILES string of the molecule is CCCCCCCCCCCCCCCCC[C@@H]1O[C@H](CO)[C@@H](O)[C@H](O)[C@H]1O. The maximum absolute atomic E-state index is 10.0. The van der Waals surface area contributed by atoms with Gasteiger partial charge in [-0.2, -0.15) is 0 Å². The van der Waals surface area contributed by atoms with Gasteiger partial charge in [-0.05, 0) is 6.42 Å². The topological polar surface area (TPSA) is 90.2 Å². The van der Waals surface area contributed by atoms with Crippen LogP contribution in [0.15, 0.2) is 0 Å². The van der Waals surface area contributed by atoms with E-state index in [1.165, 1.54) is 83.5 Å². The van der Waals surface area contributed by atoms with Crippen LogP contribution < -0.4 is 0 Å². The van der Waals surface area contributed by atoms with Crippen molar-refractivity contribution in [2.75, 3.05) is 6.61 Å². The molecule has 168 valence electrons. The zero-order valence-electron chi connectivity index (χ0n) is 18.1. The zero-order chi connectivity index (χ0) is 20.6. The molecule has 5 atom stereocenters. The van der Waals surface area contributed by atoms with E-state index in [4.69, 9.17) is 4.74 Å². The van der Waals surface area contributed by atoms with Gasteiger partial charge in [0.05, 0.1) is 12.7 Å². The predicted molar refractivity (Wildman–Crippen MR) is 113 cm³/mol. The molecule has 1 aliphatic heterocycles. The van der Waals surface area contributed by atoms with Crippen LogP contribution in [0.2, 0.25) is 0 Å². The minimum absolute atomic E-state index is 0.347. The van der Waals surface area contributed by atoms with Crippen molar-refractivity contribution in [2.24, 2.45) is 0 Å². The molecule has 0 aromatic rings. The van der Waals surface area contributed by atoms with Gasteiger partial charge in [0.15, 0.2) is 0 Å². The third-order valence-corrected chi connectivity index (χ3v) is 6.08. The van der Waals surface area contributed by atoms with Crippen molar-refractivity contribution < 1.29 is 25.2 Å². The van der Waals surface area contributed by atoms with Crippen LogP contribution in [-0.2, 0) is 4.74 Å². The van der Waals surface area contributed by atoms with Crippen molar-refractivity contribution in [3.8, 4) is 0 Å². The first-order valence-electron chi connectivity index (χ1n) is 11.9. The summed E-state index contributed by atoms with van der Waals surface area (Å²) in [6, 6.07) is 0. The van der Waals surface area contributed by atoms with Crippen molar-refractivity contribution in [1.29, 1.82) is 0 Å². The van der Waals surface area contributed by atoms with E-state index in [1.54, 1.807) is 0 Å². The number of aliphatic hydroxyl groups is 4. The molecule has 5 nitrogen and oxygen atoms in total. The Morgan fingerprint density at radius 3 is 1.36 bits per heavy atom. The zero-order valence-corrected chi connectivity index (χ0v) is 18.1. The normalized spacial score (nSPS) is 28.0. The highest BCUT2D eigenvalue weighted by atomic mass is 16.5. The Morgan fingerprint density at radius 2 is 0.929 bits per heavy atom. The number of aliphatic hydroxyl groups excluding tert-OH is 4. The summed E-state index contributed by atoms with van der Waals surface area (Å²) in [7, 11) is 0. The lowest BCUT2D eigenvalue weighted by atomic mass is 9.92. The molecule has 0 aliphatic carbocycles. The molecule has 1 rings (SSSR count). The minimum Gasteiger partial charge on any atom is -0.394 e. The van der Waals surface area contributed by atoms with Crippen LogP contribution in [0.5, 0.6) is 0 Å². The third kappa shape index (κ3) is 10.5. The summed E-state index contributed by atoms with van der Waals surface area (Å²) >= 11 is 0. The predicted octanol–water partition coefficient (Wildman–Crippen LogP) is 4.09. The molecule has 1 saturated heterocycles. The van der Waals surface area contributed by atoms with Crippen molar-refractivity contribution in [2.45, 2.75) is 140 Å². The molecule has 0 aromatic heterocycles. The molecule has 5 heteroatoms. The molecule has 1 heterocycles. The van der Waals surface area contributed by atoms with Crippen LogP contribution in [-0.4, -0.2) is 57.6 Å². The molecule has 0 bridgehead atoms. The summed E-state index contributed by atoms with van der Waals surface area (Å²) in [5, 5.41) is 38.8. The van der Waals surface area contributed by atoms with Crippen LogP contribution in [0.3, 0.4) is 0 Å². The first-order valence-corrected chi connectivity index (χ1v) is 11.9. The van der Waals surface area contributed by atoms with Gasteiger partial charge in [0.1, 0.15) is 24.4 Å². The van der Waals surface area contributed by atoms with Crippen LogP contribution in [0.1, 0.15) is 110 Å². The van der Waals surface area contributed by atoms with E-state index in [-0.39, 0.29) is 6.61 Å². The third-order valence-electron chi connectivity index (χ3n) is 6.08. The lowest BCUT2D eigenvalue weighted by Crippen LogP contribution is -2.58. The molecule has 0 saturated carbocycles. The highest BCUT2D eigenvalue weighted by Crippen LogP contribution is 2.25. The second kappa shape index (κ2) is 16.6. The number of rotatable bonds is 17. The summed E-state index contributed by atoms with van der Waals surface area (Å²) in [4.78, 5) is 0. The molecular weight excluding hydrogens is 356 g/mol. The quantitative estimate of drug-likeness (QED) is 0.275. The lowest BCUT2D eigenvalue weighted by Gasteiger charge is -2.40. The molecule has 28 heavy (non-hydrogen) atoms. The summed E-state index contributed by atoms with van der Waals surface area (Å²) < 4.78 is 5.54. The summed E-state index contributed by atoms with van der Waals surface area (Å²) in [6.07, 6.45) is 15.4. The van der Waals surface area contributed by atoms with Gasteiger partial charge < -0.3 is 25.2 Å². The molecule has 1 aliphatic rings. The Hall–Kier alpha value is -0.200. The highest BCUT2D eigenvalue weighted by molar-refractivity contribution is 4.91. The average Bonchev–Trinajstić information content (AvgIpc) is 2.70. The molecule has 0 aromatic carbocycles. The van der Waals surface area contributed by atoms with E-state index in [1.807, 2.05) is 0 Å². The van der Waals surface area contributed by atoms with Gasteiger partial charge >= 0.3 is 0 Å². The molecule has 4 N–H and O–H groups in total. The van der Waals surface area contributed by atoms with Crippen LogP contribution in [0.4, 0.5) is 0 Å². The number of ether oxygens (including phenoxy) is 1. The Kier molecular flexibility index (Phi) is 15.3. The van der Waals surface area contributed by atoms with Crippen molar-refractivity contribution in [1.82, 2.24) is 0 Å². The Balaban J connectivity index is 1.90. The monoisotopic (exact) mass is 402 g/mol. The summed E-state index contributed by atoms with van der Waals surface area (Å²) in [6.45, 7) is 1.92. The highest BCUT2D eigenvalue weighted by Gasteiger charge is 2.42. The number of hydrogen-bond acceptors (Lipinski definition) is 5. The molecule has 0 spiro atoms. The maximum atomic E-state index is 10.0. The van der Waals surface area contributed by atoms with Gasteiger partial charge in [0, 0.05) is 0 Å². The fourth-order valence-electron chi connectivity index (χ4n) is 4.13. The maximum Gasteiger partial charge on any atom is 0.111 e. The fraction of sp³-hybridized carbons (Fsp3) is 1.00. The van der Waals surface area contributed by atoms with Crippen LogP contribution in [0.25, 0.3) is 0 Å². The smallest absolute Gasteiger partial charge is 0.111 e. The average molecular weight is 403 g/mol. The van der Waals surface area contributed by atoms with E-state index < -0.39 is 30.5 Å². The van der Waals surface area contributed by atoms with Gasteiger partial charge in [-0.25, -0.2) is 0 Å². The van der Waals surface area contributed by atoms with E-state index in [0.717, 1.165) is 12.8 Å². The summed E-state index contributed by atoms with van der Waals surface area (Å²) in [5.74, 6) is 0. The second-order valence-corrected chi connectivity index (χ2v) is 8.61. The first-order chi connectivity index (χ1) is 13.6. The Bertz CT molecular complexity index is 350. The lowest BCUT2D eigenvalue weighted by molar-refractivity contribution is -0.230. The van der Waals surface area contributed by atoms with Crippen LogP contribution in [0, 0.1) is 0 Å². The molecule has 1 fully saturated rings. The van der Waals surface area contributed by atoms with Gasteiger partial charge in [-0.3, -0.25) is 0 Å². The van der Waals surface area contributed by atoms with E-state index >= 15 is 0 Å². The van der Waals surface area contributed by atoms with Gasteiger partial charge in [0.25, 0.3) is 0 Å². The van der Waals surface area contributed by atoms with Crippen molar-refractivity contribution in [3.05, 3.63) is 0 Å². The van der Waals surface area contributed by atoms with Crippen molar-refractivity contribution in [3.63, 3.8) is 0 Å². The van der Waals surface area contributed by atoms with Gasteiger partial charge in [0.2, 0.25) is 0 Å². The fourth-order valence-corrected chi connectivity index (χ4v) is 4.13. The van der Waals surface area contributed by atoms with Crippen molar-refractivity contribution >= 4 is 0 Å². The Labute approximate surface area is 172 Å². The summed E-state index contributed by atoms with van der Waals surface area (Å²) in [5.41, 5.74) is 0. The van der Waals surface area contributed by atoms with Gasteiger partial charge in [-0.15, -0.1) is 0 Å². The van der Waals surface area contributed by atoms with E-state index in [9.17, 15) is 20.4 Å². The molecular formula is C23H46O5. The first kappa shape index (κ1) is 25.8. The second-order valence-electron chi connectivity index (χ2n) is 8.61. The number of hydrogen-bond donors (Lipinski definition) is 4.